The molecule has 0 fully saturated rings. The van der Waals surface area contributed by atoms with Gasteiger partial charge in [-0.3, -0.25) is 4.79 Å². The molecule has 1 unspecified atom stereocenters. The molecule has 1 atom stereocenters. The number of carbonyl (C=O) groups is 1. The summed E-state index contributed by atoms with van der Waals surface area (Å²) >= 11 is 0. The molecule has 1 aliphatic carbocycles. The van der Waals surface area contributed by atoms with Gasteiger partial charge in [0.05, 0.1) is 11.5 Å². The first-order chi connectivity index (χ1) is 15.9. The van der Waals surface area contributed by atoms with Crippen LogP contribution < -0.4 is 0 Å². The van der Waals surface area contributed by atoms with Crippen LogP contribution in [0.15, 0.2) is 109 Å². The van der Waals surface area contributed by atoms with Crippen molar-refractivity contribution in [3.63, 3.8) is 0 Å². The summed E-state index contributed by atoms with van der Waals surface area (Å²) < 4.78 is 40.9. The average Bonchev–Trinajstić information content (AvgIpc) is 3.12. The predicted molar refractivity (Wildman–Crippen MR) is 124 cm³/mol. The highest BCUT2D eigenvalue weighted by molar-refractivity contribution is 6.22. The average molecular weight is 440 g/mol. The molecule has 0 amide bonds. The molecular formula is C29H19F3O. The molecule has 0 saturated heterocycles. The fourth-order valence-corrected chi connectivity index (χ4v) is 4.53. The molecule has 1 aliphatic rings. The van der Waals surface area contributed by atoms with Crippen molar-refractivity contribution >= 4 is 16.9 Å². The van der Waals surface area contributed by atoms with E-state index in [4.69, 9.17) is 0 Å². The summed E-state index contributed by atoms with van der Waals surface area (Å²) in [4.78, 5) is 13.6. The van der Waals surface area contributed by atoms with Crippen LogP contribution in [0.2, 0.25) is 0 Å². The van der Waals surface area contributed by atoms with Crippen LogP contribution in [0.25, 0.3) is 11.1 Å². The lowest BCUT2D eigenvalue weighted by Crippen LogP contribution is -2.08. The van der Waals surface area contributed by atoms with Gasteiger partial charge >= 0.3 is 6.18 Å². The number of Topliss-reactive ketones (excluding diaryl/α,β-unsaturated/α-hetero) is 1. The molecular weight excluding hydrogens is 421 g/mol. The predicted octanol–water partition coefficient (Wildman–Crippen LogP) is 7.64. The number of fused-ring (bicyclic) bond motifs is 1. The maximum absolute atomic E-state index is 13.6. The lowest BCUT2D eigenvalue weighted by molar-refractivity contribution is -0.137. The first kappa shape index (κ1) is 21.0. The molecule has 162 valence electrons. The summed E-state index contributed by atoms with van der Waals surface area (Å²) in [6, 6.07) is 31.7. The van der Waals surface area contributed by atoms with Gasteiger partial charge in [0.1, 0.15) is 0 Å². The molecule has 5 rings (SSSR count). The smallest absolute Gasteiger partial charge is 0.293 e. The highest BCUT2D eigenvalue weighted by Crippen LogP contribution is 2.50. The number of hydrogen-bond acceptors (Lipinski definition) is 1. The maximum atomic E-state index is 13.6. The van der Waals surface area contributed by atoms with E-state index < -0.39 is 17.7 Å². The largest absolute Gasteiger partial charge is 0.416 e. The van der Waals surface area contributed by atoms with Gasteiger partial charge in [-0.15, -0.1) is 0 Å². The van der Waals surface area contributed by atoms with E-state index >= 15 is 0 Å². The van der Waals surface area contributed by atoms with Crippen LogP contribution in [0, 0.1) is 0 Å². The second kappa shape index (κ2) is 8.21. The second-order valence-electron chi connectivity index (χ2n) is 7.99. The van der Waals surface area contributed by atoms with Gasteiger partial charge in [0, 0.05) is 5.56 Å². The number of alkyl halides is 3. The summed E-state index contributed by atoms with van der Waals surface area (Å²) in [7, 11) is 0. The van der Waals surface area contributed by atoms with E-state index in [0.717, 1.165) is 34.4 Å². The van der Waals surface area contributed by atoms with E-state index in [1.165, 1.54) is 6.07 Å². The van der Waals surface area contributed by atoms with Crippen molar-refractivity contribution in [2.75, 3.05) is 0 Å². The van der Waals surface area contributed by atoms with Crippen molar-refractivity contribution in [2.24, 2.45) is 0 Å². The van der Waals surface area contributed by atoms with Crippen LogP contribution in [0.5, 0.6) is 0 Å². The van der Waals surface area contributed by atoms with E-state index in [-0.39, 0.29) is 5.78 Å². The van der Waals surface area contributed by atoms with Crippen LogP contribution >= 0.6 is 0 Å². The van der Waals surface area contributed by atoms with Gasteiger partial charge in [-0.25, -0.2) is 0 Å². The minimum atomic E-state index is -4.51. The van der Waals surface area contributed by atoms with Crippen molar-refractivity contribution in [3.8, 4) is 0 Å². The van der Waals surface area contributed by atoms with Crippen LogP contribution in [0.4, 0.5) is 13.2 Å². The number of allylic oxidation sites excluding steroid dienone is 1. The molecule has 0 saturated carbocycles. The zero-order valence-electron chi connectivity index (χ0n) is 17.5. The van der Waals surface area contributed by atoms with Gasteiger partial charge in [-0.05, 0) is 45.5 Å². The van der Waals surface area contributed by atoms with Crippen LogP contribution in [-0.4, -0.2) is 5.78 Å². The summed E-state index contributed by atoms with van der Waals surface area (Å²) in [6.45, 7) is 0. The van der Waals surface area contributed by atoms with Crippen LogP contribution in [-0.2, 0) is 6.18 Å². The van der Waals surface area contributed by atoms with Gasteiger partial charge in [0.2, 0.25) is 0 Å². The monoisotopic (exact) mass is 440 g/mol. The van der Waals surface area contributed by atoms with Crippen molar-refractivity contribution in [3.05, 3.63) is 143 Å². The summed E-state index contributed by atoms with van der Waals surface area (Å²) in [6.07, 6.45) is -4.51. The fraction of sp³-hybridized carbons (Fsp3) is 0.0690. The molecule has 0 bridgehead atoms. The molecule has 4 heteroatoms. The Morgan fingerprint density at radius 2 is 1.15 bits per heavy atom. The Balaban J connectivity index is 1.90. The number of rotatable bonds is 3. The van der Waals surface area contributed by atoms with Crippen LogP contribution in [0.1, 0.15) is 44.1 Å². The number of halogens is 3. The quantitative estimate of drug-likeness (QED) is 0.320. The van der Waals surface area contributed by atoms with E-state index in [1.807, 2.05) is 91.0 Å². The van der Waals surface area contributed by atoms with Crippen molar-refractivity contribution < 1.29 is 18.0 Å². The van der Waals surface area contributed by atoms with E-state index in [9.17, 15) is 18.0 Å². The lowest BCUT2D eigenvalue weighted by atomic mass is 9.83. The second-order valence-corrected chi connectivity index (χ2v) is 7.99. The Hall–Kier alpha value is -3.92. The van der Waals surface area contributed by atoms with Crippen molar-refractivity contribution in [1.82, 2.24) is 0 Å². The third-order valence-corrected chi connectivity index (χ3v) is 5.98. The number of hydrogen-bond donors (Lipinski definition) is 0. The van der Waals surface area contributed by atoms with Gasteiger partial charge in [-0.2, -0.15) is 13.2 Å². The number of carbonyl (C=O) groups excluding carboxylic acids is 1. The van der Waals surface area contributed by atoms with Gasteiger partial charge in [0.15, 0.2) is 5.78 Å². The highest BCUT2D eigenvalue weighted by Gasteiger charge is 2.41. The lowest BCUT2D eigenvalue weighted by Gasteiger charge is -2.19. The Kier molecular flexibility index (Phi) is 5.21. The number of ketones is 1. The molecule has 0 spiro atoms. The zero-order valence-corrected chi connectivity index (χ0v) is 17.5. The third kappa shape index (κ3) is 3.78. The van der Waals surface area contributed by atoms with Gasteiger partial charge < -0.3 is 0 Å². The first-order valence-corrected chi connectivity index (χ1v) is 10.6. The van der Waals surface area contributed by atoms with E-state index in [0.29, 0.717) is 16.7 Å². The minimum absolute atomic E-state index is 0.190. The first-order valence-electron chi connectivity index (χ1n) is 10.6. The maximum Gasteiger partial charge on any atom is 0.416 e. The van der Waals surface area contributed by atoms with Crippen molar-refractivity contribution in [1.29, 1.82) is 0 Å². The molecule has 0 radical (unpaired) electrons. The molecule has 33 heavy (non-hydrogen) atoms. The van der Waals surface area contributed by atoms with Crippen molar-refractivity contribution in [2.45, 2.75) is 12.1 Å². The Labute approximate surface area is 189 Å². The molecule has 0 aliphatic heterocycles. The Morgan fingerprint density at radius 3 is 1.67 bits per heavy atom. The van der Waals surface area contributed by atoms with E-state index in [1.54, 1.807) is 0 Å². The summed E-state index contributed by atoms with van der Waals surface area (Å²) in [5, 5.41) is 0. The molecule has 1 nitrogen and oxygen atoms in total. The molecule has 4 aromatic carbocycles. The summed E-state index contributed by atoms with van der Waals surface area (Å²) in [5.41, 5.74) is 3.70. The van der Waals surface area contributed by atoms with E-state index in [2.05, 4.69) is 0 Å². The van der Waals surface area contributed by atoms with Gasteiger partial charge in [-0.1, -0.05) is 97.1 Å². The minimum Gasteiger partial charge on any atom is -0.293 e. The molecule has 0 N–H and O–H groups in total. The Bertz CT molecular complexity index is 1300. The normalized spacial score (nSPS) is 15.4. The zero-order chi connectivity index (χ0) is 23.0. The van der Waals surface area contributed by atoms with Gasteiger partial charge in [0.25, 0.3) is 0 Å². The Morgan fingerprint density at radius 1 is 0.636 bits per heavy atom. The SMILES string of the molecule is O=C1c2ccc(C(F)(F)F)cc2C(=C(c2ccccc2)c2ccccc2)C1c1ccccc1. The number of benzene rings is 4. The fourth-order valence-electron chi connectivity index (χ4n) is 4.53. The topological polar surface area (TPSA) is 17.1 Å². The summed E-state index contributed by atoms with van der Waals surface area (Å²) in [5.74, 6) is -0.885. The van der Waals surface area contributed by atoms with Crippen LogP contribution in [0.3, 0.4) is 0 Å². The molecule has 4 aromatic rings. The third-order valence-electron chi connectivity index (χ3n) is 5.98. The molecule has 0 heterocycles. The highest BCUT2D eigenvalue weighted by atomic mass is 19.4. The molecule has 0 aromatic heterocycles. The standard InChI is InChI=1S/C29H19F3O/c30-29(31,32)22-16-17-23-24(18-22)27(26(28(23)33)21-14-8-3-9-15-21)25(19-10-4-1-5-11-19)20-12-6-2-7-13-20/h1-18,26H.